The Hall–Kier alpha value is -2.24. The number of imide groups is 1. The molecule has 2 fully saturated rings. The Balaban J connectivity index is 1.55. The summed E-state index contributed by atoms with van der Waals surface area (Å²) in [6, 6.07) is 9.22. The summed E-state index contributed by atoms with van der Waals surface area (Å²) in [6.45, 7) is 11.2. The maximum Gasteiger partial charge on any atom is 0.276 e. The molecule has 5 rings (SSSR count). The Bertz CT molecular complexity index is 1160. The second kappa shape index (κ2) is 8.16. The van der Waals surface area contributed by atoms with Gasteiger partial charge in [0.15, 0.2) is 8.32 Å². The lowest BCUT2D eigenvalue weighted by Gasteiger charge is -2.41. The van der Waals surface area contributed by atoms with Gasteiger partial charge in [0.1, 0.15) is 6.10 Å². The van der Waals surface area contributed by atoms with E-state index in [0.29, 0.717) is 11.1 Å². The second-order valence-electron chi connectivity index (χ2n) is 11.1. The Morgan fingerprint density at radius 1 is 1.12 bits per heavy atom. The fourth-order valence-electron chi connectivity index (χ4n) is 5.13. The van der Waals surface area contributed by atoms with Gasteiger partial charge >= 0.3 is 0 Å². The molecule has 2 aromatic rings. The fourth-order valence-corrected chi connectivity index (χ4v) is 6.92. The minimum absolute atomic E-state index is 0.0192. The van der Waals surface area contributed by atoms with Gasteiger partial charge in [-0.3, -0.25) is 9.59 Å². The van der Waals surface area contributed by atoms with Crippen molar-refractivity contribution in [2.24, 2.45) is 0 Å². The van der Waals surface area contributed by atoms with Crippen molar-refractivity contribution >= 4 is 31.5 Å². The molecular formula is C27H32N2O3SSi. The number of fused-ring (bicyclic) bond motifs is 2. The van der Waals surface area contributed by atoms with Crippen LogP contribution in [0, 0.1) is 11.8 Å². The molecule has 0 bridgehead atoms. The maximum atomic E-state index is 13.4. The number of rotatable bonds is 4. The molecule has 2 unspecified atom stereocenters. The Labute approximate surface area is 207 Å². The predicted molar refractivity (Wildman–Crippen MR) is 137 cm³/mol. The third-order valence-corrected chi connectivity index (χ3v) is 13.2. The monoisotopic (exact) mass is 492 g/mol. The van der Waals surface area contributed by atoms with Gasteiger partial charge in [0, 0.05) is 10.9 Å². The van der Waals surface area contributed by atoms with Crippen LogP contribution < -0.4 is 0 Å². The molecule has 178 valence electrons. The van der Waals surface area contributed by atoms with Gasteiger partial charge in [-0.15, -0.1) is 0 Å². The van der Waals surface area contributed by atoms with Crippen LogP contribution in [0.1, 0.15) is 72.7 Å². The molecule has 7 heteroatoms. The maximum absolute atomic E-state index is 13.4. The van der Waals surface area contributed by atoms with Gasteiger partial charge < -0.3 is 4.43 Å². The van der Waals surface area contributed by atoms with Gasteiger partial charge in [0.05, 0.1) is 22.7 Å². The van der Waals surface area contributed by atoms with E-state index >= 15 is 0 Å². The molecule has 3 heterocycles. The molecule has 3 aliphatic rings. The molecule has 1 aromatic carbocycles. The summed E-state index contributed by atoms with van der Waals surface area (Å²) in [5.41, 5.74) is 1.49. The molecule has 0 spiro atoms. The summed E-state index contributed by atoms with van der Waals surface area (Å²) in [7, 11) is -2.18. The lowest BCUT2D eigenvalue weighted by molar-refractivity contribution is 0.0204. The standard InChI is InChI=1S/C27H32N2O3SSi/c1-26(2,3)34(4,5)32-23(14-13-19-15-17-33-18-19)27-16-9-8-12-22(27)29(27)28-24(30)20-10-6-7-11-21(20)25(28)31/h6-7,10-11,15,17-18,22-23H,8-9,12,16H2,1-5H3/t22-,23?,27+,29?/m0/s1. The summed E-state index contributed by atoms with van der Waals surface area (Å²) in [6.07, 6.45) is 3.54. The van der Waals surface area contributed by atoms with Crippen LogP contribution in [0.25, 0.3) is 0 Å². The van der Waals surface area contributed by atoms with Crippen molar-refractivity contribution in [3.8, 4) is 11.8 Å². The molecule has 0 N–H and O–H groups in total. The summed E-state index contributed by atoms with van der Waals surface area (Å²) >= 11 is 1.63. The lowest BCUT2D eigenvalue weighted by atomic mass is 9.85. The highest BCUT2D eigenvalue weighted by molar-refractivity contribution is 7.08. The zero-order chi connectivity index (χ0) is 24.3. The first kappa shape index (κ1) is 23.5. The average molecular weight is 493 g/mol. The molecule has 5 nitrogen and oxygen atoms in total. The number of thiophene rings is 1. The number of benzene rings is 1. The summed E-state index contributed by atoms with van der Waals surface area (Å²) in [5.74, 6) is 6.37. The second-order valence-corrected chi connectivity index (χ2v) is 16.6. The van der Waals surface area contributed by atoms with Crippen molar-refractivity contribution in [1.29, 1.82) is 0 Å². The van der Waals surface area contributed by atoms with Crippen molar-refractivity contribution in [2.45, 2.75) is 82.3 Å². The van der Waals surface area contributed by atoms with E-state index in [1.807, 2.05) is 34.0 Å². The van der Waals surface area contributed by atoms with Crippen LogP contribution in [0.3, 0.4) is 0 Å². The summed E-state index contributed by atoms with van der Waals surface area (Å²) in [5, 5.41) is 7.52. The van der Waals surface area contributed by atoms with Crippen LogP contribution in [0.15, 0.2) is 41.1 Å². The van der Waals surface area contributed by atoms with Crippen molar-refractivity contribution in [2.75, 3.05) is 0 Å². The molecule has 34 heavy (non-hydrogen) atoms. The van der Waals surface area contributed by atoms with Gasteiger partial charge in [-0.25, -0.2) is 5.01 Å². The van der Waals surface area contributed by atoms with Crippen LogP contribution >= 0.6 is 11.3 Å². The van der Waals surface area contributed by atoms with Gasteiger partial charge in [-0.1, -0.05) is 57.6 Å². The van der Waals surface area contributed by atoms with E-state index in [2.05, 4.69) is 45.7 Å². The summed E-state index contributed by atoms with van der Waals surface area (Å²) < 4.78 is 7.00. The largest absolute Gasteiger partial charge is 0.401 e. The van der Waals surface area contributed by atoms with E-state index in [-0.39, 0.29) is 29.0 Å². The minimum Gasteiger partial charge on any atom is -0.401 e. The van der Waals surface area contributed by atoms with Gasteiger partial charge in [0.2, 0.25) is 0 Å². The molecule has 1 aliphatic carbocycles. The van der Waals surface area contributed by atoms with Gasteiger partial charge in [-0.2, -0.15) is 16.3 Å². The van der Waals surface area contributed by atoms with E-state index in [0.717, 1.165) is 31.2 Å². The number of carbonyl (C=O) groups is 2. The lowest BCUT2D eigenvalue weighted by Crippen LogP contribution is -2.51. The SMILES string of the molecule is CC(C)(C)[Si](C)(C)OC(C#Cc1ccsc1)[C@@]12CCCC[C@@H]1N2N1C(=O)c2ccccc2C1=O. The third-order valence-electron chi connectivity index (χ3n) is 8.07. The Morgan fingerprint density at radius 3 is 2.38 bits per heavy atom. The zero-order valence-electron chi connectivity index (χ0n) is 20.6. The zero-order valence-corrected chi connectivity index (χ0v) is 22.4. The van der Waals surface area contributed by atoms with E-state index < -0.39 is 13.9 Å². The number of carbonyl (C=O) groups excluding carboxylic acids is 2. The van der Waals surface area contributed by atoms with Gasteiger partial charge in [0.25, 0.3) is 11.8 Å². The van der Waals surface area contributed by atoms with Crippen LogP contribution in [0.5, 0.6) is 0 Å². The quantitative estimate of drug-likeness (QED) is 0.238. The third kappa shape index (κ3) is 3.59. The highest BCUT2D eigenvalue weighted by Crippen LogP contribution is 2.57. The number of hydrogen-bond acceptors (Lipinski definition) is 5. The molecule has 2 aliphatic heterocycles. The Kier molecular flexibility index (Phi) is 5.64. The first-order valence-electron chi connectivity index (χ1n) is 12.1. The summed E-state index contributed by atoms with van der Waals surface area (Å²) in [4.78, 5) is 26.8. The Morgan fingerprint density at radius 2 is 1.79 bits per heavy atom. The van der Waals surface area contributed by atoms with E-state index in [9.17, 15) is 9.59 Å². The van der Waals surface area contributed by atoms with Crippen LogP contribution in [-0.2, 0) is 4.43 Å². The van der Waals surface area contributed by atoms with Crippen molar-refractivity contribution in [3.05, 3.63) is 57.8 Å². The van der Waals surface area contributed by atoms with E-state index in [4.69, 9.17) is 4.43 Å². The number of hydrogen-bond donors (Lipinski definition) is 0. The first-order valence-corrected chi connectivity index (χ1v) is 15.9. The first-order chi connectivity index (χ1) is 16.1. The van der Waals surface area contributed by atoms with Crippen molar-refractivity contribution < 1.29 is 14.0 Å². The van der Waals surface area contributed by atoms with Crippen LogP contribution in [-0.4, -0.2) is 47.8 Å². The highest BCUT2D eigenvalue weighted by Gasteiger charge is 2.72. The van der Waals surface area contributed by atoms with Gasteiger partial charge in [-0.05, 0) is 54.6 Å². The average Bonchev–Trinajstić information content (AvgIpc) is 3.06. The van der Waals surface area contributed by atoms with E-state index in [1.165, 1.54) is 5.01 Å². The molecule has 0 radical (unpaired) electrons. The number of nitrogens with zero attached hydrogens (tertiary/aromatic N) is 2. The highest BCUT2D eigenvalue weighted by atomic mass is 32.1. The van der Waals surface area contributed by atoms with E-state index in [1.54, 1.807) is 23.5 Å². The predicted octanol–water partition coefficient (Wildman–Crippen LogP) is 5.70. The minimum atomic E-state index is -2.18. The number of hydrazine groups is 1. The fraction of sp³-hybridized carbons (Fsp3) is 0.481. The topological polar surface area (TPSA) is 49.6 Å². The van der Waals surface area contributed by atoms with Crippen LogP contribution in [0.4, 0.5) is 0 Å². The van der Waals surface area contributed by atoms with Crippen LogP contribution in [0.2, 0.25) is 18.1 Å². The molecular weight excluding hydrogens is 460 g/mol. The molecule has 4 atom stereocenters. The molecule has 1 aromatic heterocycles. The number of amides is 2. The normalized spacial score (nSPS) is 27.0. The van der Waals surface area contributed by atoms with Crippen molar-refractivity contribution in [1.82, 2.24) is 10.0 Å². The molecule has 1 saturated carbocycles. The smallest absolute Gasteiger partial charge is 0.276 e. The van der Waals surface area contributed by atoms with Crippen molar-refractivity contribution in [3.63, 3.8) is 0 Å². The molecule has 1 saturated heterocycles. The molecule has 2 amide bonds.